The van der Waals surface area contributed by atoms with Crippen LogP contribution in [-0.4, -0.2) is 35.1 Å². The van der Waals surface area contributed by atoms with Gasteiger partial charge in [0, 0.05) is 18.0 Å². The van der Waals surface area contributed by atoms with Gasteiger partial charge < -0.3 is 10.0 Å². The zero-order chi connectivity index (χ0) is 15.7. The Bertz CT molecular complexity index is 680. The largest absolute Gasteiger partial charge is 0.391 e. The van der Waals surface area contributed by atoms with Crippen molar-refractivity contribution in [3.05, 3.63) is 46.6 Å². The predicted octanol–water partition coefficient (Wildman–Crippen LogP) is 3.46. The van der Waals surface area contributed by atoms with Crippen LogP contribution in [0.15, 0.2) is 30.3 Å². The van der Waals surface area contributed by atoms with Crippen molar-refractivity contribution in [3.63, 3.8) is 0 Å². The van der Waals surface area contributed by atoms with E-state index in [-0.39, 0.29) is 11.7 Å². The number of β-amino-alcohol motifs (C(OH)–C–C–N with tert-alkyl or cyclic N) is 1. The summed E-state index contributed by atoms with van der Waals surface area (Å²) in [5, 5.41) is 9.71. The van der Waals surface area contributed by atoms with Gasteiger partial charge in [0.05, 0.1) is 11.0 Å². The highest BCUT2D eigenvalue weighted by atomic mass is 32.1. The summed E-state index contributed by atoms with van der Waals surface area (Å²) in [6.45, 7) is 3.05. The molecule has 5 heteroatoms. The Labute approximate surface area is 133 Å². The molecule has 1 amide bonds. The minimum absolute atomic E-state index is 0.0276. The highest BCUT2D eigenvalue weighted by Crippen LogP contribution is 2.33. The van der Waals surface area contributed by atoms with Crippen molar-refractivity contribution in [2.45, 2.75) is 25.9 Å². The number of aliphatic hydroxyl groups excluding tert-OH is 1. The second kappa shape index (κ2) is 6.18. The van der Waals surface area contributed by atoms with Crippen molar-refractivity contribution in [3.8, 4) is 10.4 Å². The summed E-state index contributed by atoms with van der Waals surface area (Å²) < 4.78 is 13.0. The molecule has 1 aromatic carbocycles. The molecular weight excluding hydrogens is 301 g/mol. The Morgan fingerprint density at radius 2 is 2.09 bits per heavy atom. The molecule has 1 atom stereocenters. The molecule has 1 saturated heterocycles. The maximum atomic E-state index is 13.0. The fraction of sp³-hybridized carbons (Fsp3) is 0.353. The molecule has 2 aromatic rings. The smallest absolute Gasteiger partial charge is 0.264 e. The Kier molecular flexibility index (Phi) is 4.27. The predicted molar refractivity (Wildman–Crippen MR) is 85.6 cm³/mol. The van der Waals surface area contributed by atoms with Gasteiger partial charge in [0.25, 0.3) is 5.91 Å². The van der Waals surface area contributed by atoms with Crippen molar-refractivity contribution in [2.24, 2.45) is 0 Å². The second-order valence-electron chi connectivity index (χ2n) is 5.68. The molecule has 116 valence electrons. The average molecular weight is 319 g/mol. The molecular formula is C17H18FNO2S. The number of halogens is 1. The molecule has 1 fully saturated rings. The third-order valence-electron chi connectivity index (χ3n) is 3.92. The van der Waals surface area contributed by atoms with Gasteiger partial charge in [-0.2, -0.15) is 0 Å². The van der Waals surface area contributed by atoms with E-state index in [9.17, 15) is 14.3 Å². The van der Waals surface area contributed by atoms with E-state index in [1.54, 1.807) is 17.0 Å². The number of likely N-dealkylation sites (tertiary alicyclic amines) is 1. The topological polar surface area (TPSA) is 40.5 Å². The van der Waals surface area contributed by atoms with Gasteiger partial charge in [-0.1, -0.05) is 12.1 Å². The van der Waals surface area contributed by atoms with E-state index >= 15 is 0 Å². The highest BCUT2D eigenvalue weighted by molar-refractivity contribution is 7.17. The van der Waals surface area contributed by atoms with Crippen LogP contribution in [0.2, 0.25) is 0 Å². The van der Waals surface area contributed by atoms with Crippen LogP contribution in [0.1, 0.15) is 28.1 Å². The number of hydrogen-bond donors (Lipinski definition) is 1. The quantitative estimate of drug-likeness (QED) is 0.921. The number of rotatable bonds is 2. The minimum Gasteiger partial charge on any atom is -0.391 e. The molecule has 2 heterocycles. The summed E-state index contributed by atoms with van der Waals surface area (Å²) in [6, 6.07) is 8.20. The number of aryl methyl sites for hydroxylation is 1. The van der Waals surface area contributed by atoms with E-state index in [0.29, 0.717) is 18.0 Å². The van der Waals surface area contributed by atoms with Crippen LogP contribution in [0.5, 0.6) is 0 Å². The first-order valence-electron chi connectivity index (χ1n) is 7.38. The standard InChI is InChI=1S/C17H18FNO2S/c1-11-9-15(17(21)19-8-2-3-14(20)10-19)22-16(11)12-4-6-13(18)7-5-12/h4-7,9,14,20H,2-3,8,10H2,1H3. The highest BCUT2D eigenvalue weighted by Gasteiger charge is 2.24. The molecule has 0 radical (unpaired) electrons. The van der Waals surface area contributed by atoms with Crippen LogP contribution in [0, 0.1) is 12.7 Å². The Morgan fingerprint density at radius 3 is 2.77 bits per heavy atom. The minimum atomic E-state index is -0.421. The zero-order valence-corrected chi connectivity index (χ0v) is 13.2. The number of hydrogen-bond acceptors (Lipinski definition) is 3. The monoisotopic (exact) mass is 319 g/mol. The number of aliphatic hydroxyl groups is 1. The van der Waals surface area contributed by atoms with Gasteiger partial charge in [0.1, 0.15) is 5.82 Å². The fourth-order valence-corrected chi connectivity index (χ4v) is 3.92. The summed E-state index contributed by atoms with van der Waals surface area (Å²) in [5.74, 6) is -0.295. The molecule has 22 heavy (non-hydrogen) atoms. The van der Waals surface area contributed by atoms with Gasteiger partial charge in [0.2, 0.25) is 0 Å². The van der Waals surface area contributed by atoms with Gasteiger partial charge in [-0.05, 0) is 49.1 Å². The average Bonchev–Trinajstić information content (AvgIpc) is 2.89. The molecule has 3 rings (SSSR count). The molecule has 1 aliphatic heterocycles. The van der Waals surface area contributed by atoms with Crippen LogP contribution >= 0.6 is 11.3 Å². The lowest BCUT2D eigenvalue weighted by Crippen LogP contribution is -2.41. The van der Waals surface area contributed by atoms with Crippen molar-refractivity contribution in [2.75, 3.05) is 13.1 Å². The van der Waals surface area contributed by atoms with Crippen LogP contribution < -0.4 is 0 Å². The van der Waals surface area contributed by atoms with E-state index in [1.165, 1.54) is 23.5 Å². The summed E-state index contributed by atoms with van der Waals surface area (Å²) in [5.41, 5.74) is 1.93. The Hall–Kier alpha value is -1.72. The third kappa shape index (κ3) is 3.05. The van der Waals surface area contributed by atoms with Crippen LogP contribution in [0.25, 0.3) is 10.4 Å². The lowest BCUT2D eigenvalue weighted by atomic mass is 10.1. The molecule has 3 nitrogen and oxygen atoms in total. The summed E-state index contributed by atoms with van der Waals surface area (Å²) >= 11 is 1.43. The second-order valence-corrected chi connectivity index (χ2v) is 6.73. The molecule has 1 aliphatic rings. The number of benzene rings is 1. The first kappa shape index (κ1) is 15.2. The van der Waals surface area contributed by atoms with Gasteiger partial charge in [-0.25, -0.2) is 4.39 Å². The number of piperidine rings is 1. The van der Waals surface area contributed by atoms with Crippen LogP contribution in [0.4, 0.5) is 4.39 Å². The van der Waals surface area contributed by atoms with Gasteiger partial charge in [0.15, 0.2) is 0 Å². The zero-order valence-electron chi connectivity index (χ0n) is 12.4. The van der Waals surface area contributed by atoms with E-state index in [1.807, 2.05) is 13.0 Å². The Balaban J connectivity index is 1.85. The summed E-state index contributed by atoms with van der Waals surface area (Å²) in [7, 11) is 0. The summed E-state index contributed by atoms with van der Waals surface area (Å²) in [6.07, 6.45) is 1.17. The van der Waals surface area contributed by atoms with Crippen LogP contribution in [-0.2, 0) is 0 Å². The molecule has 0 aliphatic carbocycles. The normalized spacial score (nSPS) is 18.5. The maximum Gasteiger partial charge on any atom is 0.264 e. The lowest BCUT2D eigenvalue weighted by molar-refractivity contribution is 0.0477. The summed E-state index contributed by atoms with van der Waals surface area (Å²) in [4.78, 5) is 15.9. The fourth-order valence-electron chi connectivity index (χ4n) is 2.77. The van der Waals surface area contributed by atoms with Gasteiger partial charge >= 0.3 is 0 Å². The number of nitrogens with zero attached hydrogens (tertiary/aromatic N) is 1. The number of amides is 1. The van der Waals surface area contributed by atoms with Gasteiger partial charge in [-0.15, -0.1) is 11.3 Å². The van der Waals surface area contributed by atoms with E-state index < -0.39 is 6.10 Å². The van der Waals surface area contributed by atoms with Crippen molar-refractivity contribution < 1.29 is 14.3 Å². The molecule has 0 bridgehead atoms. The molecule has 0 saturated carbocycles. The number of thiophene rings is 1. The third-order valence-corrected chi connectivity index (χ3v) is 5.19. The van der Waals surface area contributed by atoms with Crippen molar-refractivity contribution in [1.82, 2.24) is 4.90 Å². The van der Waals surface area contributed by atoms with E-state index in [0.717, 1.165) is 28.8 Å². The molecule has 0 spiro atoms. The number of carbonyl (C=O) groups is 1. The SMILES string of the molecule is Cc1cc(C(=O)N2CCCC(O)C2)sc1-c1ccc(F)cc1. The van der Waals surface area contributed by atoms with Crippen LogP contribution in [0.3, 0.4) is 0 Å². The number of carbonyl (C=O) groups excluding carboxylic acids is 1. The van der Waals surface area contributed by atoms with E-state index in [2.05, 4.69) is 0 Å². The molecule has 1 aromatic heterocycles. The Morgan fingerprint density at radius 1 is 1.36 bits per heavy atom. The molecule has 1 N–H and O–H groups in total. The molecule has 1 unspecified atom stereocenters. The maximum absolute atomic E-state index is 13.0. The van der Waals surface area contributed by atoms with Crippen molar-refractivity contribution >= 4 is 17.2 Å². The van der Waals surface area contributed by atoms with Crippen molar-refractivity contribution in [1.29, 1.82) is 0 Å². The van der Waals surface area contributed by atoms with Gasteiger partial charge in [-0.3, -0.25) is 4.79 Å². The van der Waals surface area contributed by atoms with E-state index in [4.69, 9.17) is 0 Å². The first-order chi connectivity index (χ1) is 10.5. The lowest BCUT2D eigenvalue weighted by Gasteiger charge is -2.29. The first-order valence-corrected chi connectivity index (χ1v) is 8.20.